The number of benzene rings is 2. The van der Waals surface area contributed by atoms with Gasteiger partial charge < -0.3 is 4.74 Å². The molecule has 0 spiro atoms. The third-order valence-corrected chi connectivity index (χ3v) is 3.28. The number of ether oxygens (including phenoxy) is 1. The molecule has 0 radical (unpaired) electrons. The number of nitrogens with one attached hydrogen (secondary N) is 2. The van der Waals surface area contributed by atoms with Gasteiger partial charge in [-0.3, -0.25) is 15.6 Å². The molecule has 0 heterocycles. The van der Waals surface area contributed by atoms with Crippen LogP contribution in [-0.2, 0) is 6.18 Å². The first kappa shape index (κ1) is 20.9. The fourth-order valence-electron chi connectivity index (χ4n) is 2.02. The molecule has 2 aromatic rings. The first-order valence-electron chi connectivity index (χ1n) is 7.47. The van der Waals surface area contributed by atoms with Gasteiger partial charge in [-0.15, -0.1) is 0 Å². The van der Waals surface area contributed by atoms with Crippen molar-refractivity contribution >= 4 is 11.6 Å². The zero-order valence-electron chi connectivity index (χ0n) is 13.8. The monoisotopic (exact) mass is 403 g/mol. The molecular formula is C17H11F6N3O2. The van der Waals surface area contributed by atoms with Gasteiger partial charge in [0.15, 0.2) is 6.61 Å². The predicted molar refractivity (Wildman–Crippen MR) is 85.2 cm³/mol. The first-order valence-corrected chi connectivity index (χ1v) is 7.47. The number of rotatable bonds is 5. The second-order valence-corrected chi connectivity index (χ2v) is 5.38. The Morgan fingerprint density at radius 1 is 1.04 bits per heavy atom. The molecule has 0 atom stereocenters. The Labute approximate surface area is 154 Å². The number of hydrazine groups is 1. The van der Waals surface area contributed by atoms with E-state index in [1.54, 1.807) is 6.07 Å². The fraction of sp³-hybridized carbons (Fsp3) is 0.176. The summed E-state index contributed by atoms with van der Waals surface area (Å²) in [5.74, 6) is -0.965. The number of amides is 1. The van der Waals surface area contributed by atoms with Gasteiger partial charge in [-0.05, 0) is 42.5 Å². The second-order valence-electron chi connectivity index (χ2n) is 5.38. The summed E-state index contributed by atoms with van der Waals surface area (Å²) in [4.78, 5) is 12.0. The summed E-state index contributed by atoms with van der Waals surface area (Å²) in [6, 6.07) is 8.85. The minimum atomic E-state index is -4.77. The first-order chi connectivity index (χ1) is 13.0. The number of hydrogen-bond acceptors (Lipinski definition) is 4. The van der Waals surface area contributed by atoms with Crippen LogP contribution in [0.5, 0.6) is 5.75 Å². The normalized spacial score (nSPS) is 11.5. The molecule has 0 unspecified atom stereocenters. The number of nitriles is 1. The van der Waals surface area contributed by atoms with Gasteiger partial charge in [-0.25, -0.2) is 0 Å². The number of halogens is 6. The Bertz CT molecular complexity index is 886. The van der Waals surface area contributed by atoms with E-state index < -0.39 is 36.1 Å². The SMILES string of the molecule is N#Cc1ccc(NNC(=O)c2ccc(OCC(F)(F)F)cc2)c(C(F)(F)F)c1. The Morgan fingerprint density at radius 2 is 1.68 bits per heavy atom. The van der Waals surface area contributed by atoms with Crippen LogP contribution in [0.2, 0.25) is 0 Å². The van der Waals surface area contributed by atoms with E-state index in [1.165, 1.54) is 0 Å². The molecule has 11 heteroatoms. The molecule has 0 bridgehead atoms. The van der Waals surface area contributed by atoms with Crippen molar-refractivity contribution in [3.05, 3.63) is 59.2 Å². The summed E-state index contributed by atoms with van der Waals surface area (Å²) in [6.45, 7) is -1.50. The zero-order valence-corrected chi connectivity index (χ0v) is 13.8. The maximum atomic E-state index is 13.1. The van der Waals surface area contributed by atoms with Gasteiger partial charge in [-0.2, -0.15) is 31.6 Å². The highest BCUT2D eigenvalue weighted by Gasteiger charge is 2.34. The van der Waals surface area contributed by atoms with Gasteiger partial charge in [0.2, 0.25) is 0 Å². The van der Waals surface area contributed by atoms with Crippen molar-refractivity contribution < 1.29 is 35.9 Å². The second kappa shape index (κ2) is 8.08. The van der Waals surface area contributed by atoms with E-state index >= 15 is 0 Å². The number of carbonyl (C=O) groups excluding carboxylic acids is 1. The van der Waals surface area contributed by atoms with Crippen molar-refractivity contribution in [1.29, 1.82) is 5.26 Å². The smallest absolute Gasteiger partial charge is 0.422 e. The van der Waals surface area contributed by atoms with Crippen LogP contribution in [0.4, 0.5) is 32.0 Å². The highest BCUT2D eigenvalue weighted by molar-refractivity contribution is 5.95. The van der Waals surface area contributed by atoms with Crippen LogP contribution in [0.3, 0.4) is 0 Å². The summed E-state index contributed by atoms with van der Waals surface area (Å²) in [5.41, 5.74) is 2.29. The van der Waals surface area contributed by atoms with E-state index in [2.05, 4.69) is 10.2 Å². The quantitative estimate of drug-likeness (QED) is 0.578. The van der Waals surface area contributed by atoms with Crippen molar-refractivity contribution in [2.45, 2.75) is 12.4 Å². The van der Waals surface area contributed by atoms with E-state index in [0.717, 1.165) is 36.4 Å². The van der Waals surface area contributed by atoms with Crippen LogP contribution in [0, 0.1) is 11.3 Å². The molecule has 0 saturated heterocycles. The lowest BCUT2D eigenvalue weighted by Gasteiger charge is -2.15. The number of anilines is 1. The van der Waals surface area contributed by atoms with Crippen molar-refractivity contribution in [3.8, 4) is 11.8 Å². The lowest BCUT2D eigenvalue weighted by Crippen LogP contribution is -2.30. The van der Waals surface area contributed by atoms with Gasteiger partial charge in [0.1, 0.15) is 5.75 Å². The molecule has 2 aromatic carbocycles. The maximum absolute atomic E-state index is 13.1. The molecule has 2 rings (SSSR count). The average molecular weight is 403 g/mol. The number of alkyl halides is 6. The Hall–Kier alpha value is -3.42. The lowest BCUT2D eigenvalue weighted by molar-refractivity contribution is -0.153. The largest absolute Gasteiger partial charge is 0.484 e. The molecule has 5 nitrogen and oxygen atoms in total. The molecule has 28 heavy (non-hydrogen) atoms. The van der Waals surface area contributed by atoms with Crippen LogP contribution in [0.1, 0.15) is 21.5 Å². The van der Waals surface area contributed by atoms with Gasteiger partial charge in [0.05, 0.1) is 22.9 Å². The van der Waals surface area contributed by atoms with Crippen LogP contribution in [0.25, 0.3) is 0 Å². The molecule has 0 aromatic heterocycles. The Kier molecular flexibility index (Phi) is 6.03. The van der Waals surface area contributed by atoms with E-state index in [4.69, 9.17) is 5.26 Å². The standard InChI is InChI=1S/C17H11F6N3O2/c18-16(19,20)9-28-12-4-2-11(3-5-12)15(27)26-25-14-6-1-10(8-24)7-13(14)17(21,22)23/h1-7,25H,9H2,(H,26,27). The highest BCUT2D eigenvalue weighted by atomic mass is 19.4. The zero-order chi connectivity index (χ0) is 20.9. The van der Waals surface area contributed by atoms with Gasteiger partial charge in [0.25, 0.3) is 5.91 Å². The fourth-order valence-corrected chi connectivity index (χ4v) is 2.02. The average Bonchev–Trinajstić information content (AvgIpc) is 2.63. The summed E-state index contributed by atoms with van der Waals surface area (Å²) in [6.07, 6.45) is -9.28. The van der Waals surface area contributed by atoms with Crippen LogP contribution >= 0.6 is 0 Å². The van der Waals surface area contributed by atoms with E-state index in [1.807, 2.05) is 5.43 Å². The molecule has 1 amide bonds. The van der Waals surface area contributed by atoms with Crippen molar-refractivity contribution in [2.24, 2.45) is 0 Å². The molecule has 2 N–H and O–H groups in total. The topological polar surface area (TPSA) is 74.2 Å². The van der Waals surface area contributed by atoms with Gasteiger partial charge in [-0.1, -0.05) is 0 Å². The Balaban J connectivity index is 2.05. The Morgan fingerprint density at radius 3 is 2.21 bits per heavy atom. The third-order valence-electron chi connectivity index (χ3n) is 3.28. The molecule has 0 aliphatic rings. The number of hydrogen-bond donors (Lipinski definition) is 2. The van der Waals surface area contributed by atoms with E-state index in [-0.39, 0.29) is 16.9 Å². The summed E-state index contributed by atoms with van der Waals surface area (Å²) in [5, 5.41) is 8.71. The molecular weight excluding hydrogens is 392 g/mol. The summed E-state index contributed by atoms with van der Waals surface area (Å²) >= 11 is 0. The number of carbonyl (C=O) groups is 1. The van der Waals surface area contributed by atoms with Crippen molar-refractivity contribution in [1.82, 2.24) is 5.43 Å². The molecule has 0 aliphatic heterocycles. The molecule has 0 saturated carbocycles. The van der Waals surface area contributed by atoms with Crippen molar-refractivity contribution in [2.75, 3.05) is 12.0 Å². The predicted octanol–water partition coefficient (Wildman–Crippen LogP) is 4.28. The summed E-state index contributed by atoms with van der Waals surface area (Å²) < 4.78 is 79.9. The van der Waals surface area contributed by atoms with Gasteiger partial charge >= 0.3 is 12.4 Å². The van der Waals surface area contributed by atoms with Crippen LogP contribution in [0.15, 0.2) is 42.5 Å². The van der Waals surface area contributed by atoms with Gasteiger partial charge in [0, 0.05) is 5.56 Å². The van der Waals surface area contributed by atoms with Crippen LogP contribution < -0.4 is 15.6 Å². The lowest BCUT2D eigenvalue weighted by atomic mass is 10.1. The van der Waals surface area contributed by atoms with E-state index in [9.17, 15) is 31.1 Å². The minimum Gasteiger partial charge on any atom is -0.484 e. The minimum absolute atomic E-state index is 0.0333. The van der Waals surface area contributed by atoms with E-state index in [0.29, 0.717) is 6.07 Å². The number of nitrogens with zero attached hydrogens (tertiary/aromatic N) is 1. The highest BCUT2D eigenvalue weighted by Crippen LogP contribution is 2.35. The van der Waals surface area contributed by atoms with Crippen LogP contribution in [-0.4, -0.2) is 18.7 Å². The maximum Gasteiger partial charge on any atom is 0.422 e. The third kappa shape index (κ3) is 5.80. The molecule has 0 fully saturated rings. The van der Waals surface area contributed by atoms with Crippen molar-refractivity contribution in [3.63, 3.8) is 0 Å². The summed E-state index contributed by atoms with van der Waals surface area (Å²) in [7, 11) is 0. The molecule has 0 aliphatic carbocycles. The molecule has 148 valence electrons.